The lowest BCUT2D eigenvalue weighted by Crippen LogP contribution is -2.42. The number of cyclic esters (lactones) is 1. The Morgan fingerprint density at radius 2 is 2.12 bits per heavy atom. The van der Waals surface area contributed by atoms with Crippen LogP contribution >= 0.6 is 0 Å². The molecule has 0 radical (unpaired) electrons. The van der Waals surface area contributed by atoms with Crippen molar-refractivity contribution < 1.29 is 33.7 Å². The predicted octanol–water partition coefficient (Wildman–Crippen LogP) is 1.80. The summed E-state index contributed by atoms with van der Waals surface area (Å²) in [5, 5.41) is 18.5. The topological polar surface area (TPSA) is 107 Å². The minimum Gasteiger partial charge on any atom is -0.444 e. The van der Waals surface area contributed by atoms with E-state index in [2.05, 4.69) is 0 Å². The van der Waals surface area contributed by atoms with Crippen LogP contribution < -0.4 is 4.90 Å². The van der Waals surface area contributed by atoms with Gasteiger partial charge in [0.2, 0.25) is 0 Å². The van der Waals surface area contributed by atoms with Crippen molar-refractivity contribution in [3.8, 4) is 0 Å². The summed E-state index contributed by atoms with van der Waals surface area (Å²) in [6.45, 7) is 1.69. The van der Waals surface area contributed by atoms with Crippen molar-refractivity contribution in [2.45, 2.75) is 57.3 Å². The summed E-state index contributed by atoms with van der Waals surface area (Å²) in [5.74, 6) is -0.890. The Morgan fingerprint density at radius 1 is 1.34 bits per heavy atom. The second-order valence-electron chi connectivity index (χ2n) is 8.42. The van der Waals surface area contributed by atoms with E-state index in [1.54, 1.807) is 19.1 Å². The van der Waals surface area contributed by atoms with Crippen LogP contribution in [0.5, 0.6) is 0 Å². The number of fused-ring (bicyclic) bond motifs is 3. The molecule has 8 nitrogen and oxygen atoms in total. The van der Waals surface area contributed by atoms with Gasteiger partial charge in [0.1, 0.15) is 17.7 Å². The predicted molar refractivity (Wildman–Crippen MR) is 113 cm³/mol. The zero-order valence-electron chi connectivity index (χ0n) is 17.9. The molecule has 1 saturated heterocycles. The van der Waals surface area contributed by atoms with E-state index in [0.717, 1.165) is 11.1 Å². The van der Waals surface area contributed by atoms with Crippen LogP contribution in [-0.4, -0.2) is 70.8 Å². The van der Waals surface area contributed by atoms with Crippen molar-refractivity contribution >= 4 is 29.0 Å². The van der Waals surface area contributed by atoms with Gasteiger partial charge in [0.05, 0.1) is 18.3 Å². The maximum absolute atomic E-state index is 15.0. The summed E-state index contributed by atoms with van der Waals surface area (Å²) in [5.41, 5.74) is 2.55. The molecule has 0 aliphatic carbocycles. The monoisotopic (exact) mass is 446 g/mol. The number of hydrogen-bond donors (Lipinski definition) is 2. The molecular weight excluding hydrogens is 419 g/mol. The third-order valence-electron chi connectivity index (χ3n) is 6.49. The maximum atomic E-state index is 15.0. The quantitative estimate of drug-likeness (QED) is 0.662. The van der Waals surface area contributed by atoms with Gasteiger partial charge in [-0.2, -0.15) is 0 Å². The van der Waals surface area contributed by atoms with Crippen molar-refractivity contribution in [2.24, 2.45) is 0 Å². The largest absolute Gasteiger partial charge is 0.444 e. The average molecular weight is 446 g/mol. The van der Waals surface area contributed by atoms with Crippen LogP contribution in [0.15, 0.2) is 18.2 Å². The lowest BCUT2D eigenvalue weighted by atomic mass is 9.95. The number of aliphatic hydroxyl groups is 2. The highest BCUT2D eigenvalue weighted by molar-refractivity contribution is 5.94. The number of ketones is 1. The number of aliphatic hydroxyl groups excluding tert-OH is 2. The Labute approximate surface area is 185 Å². The second-order valence-corrected chi connectivity index (χ2v) is 8.42. The van der Waals surface area contributed by atoms with Crippen LogP contribution in [-0.2, 0) is 20.7 Å². The van der Waals surface area contributed by atoms with Crippen LogP contribution in [0.2, 0.25) is 0 Å². The maximum Gasteiger partial charge on any atom is 0.415 e. The summed E-state index contributed by atoms with van der Waals surface area (Å²) in [7, 11) is 0. The Balaban J connectivity index is 1.51. The van der Waals surface area contributed by atoms with E-state index in [4.69, 9.17) is 9.84 Å². The summed E-state index contributed by atoms with van der Waals surface area (Å²) in [4.78, 5) is 39.1. The van der Waals surface area contributed by atoms with Gasteiger partial charge in [0, 0.05) is 31.5 Å². The molecule has 0 bridgehead atoms. The lowest BCUT2D eigenvalue weighted by Gasteiger charge is -2.28. The third-order valence-corrected chi connectivity index (χ3v) is 6.49. The highest BCUT2D eigenvalue weighted by Crippen LogP contribution is 2.42. The van der Waals surface area contributed by atoms with Gasteiger partial charge in [0.25, 0.3) is 5.91 Å². The number of carbonyl (C=O) groups is 3. The van der Waals surface area contributed by atoms with E-state index in [1.165, 1.54) is 15.9 Å². The zero-order chi connectivity index (χ0) is 23.0. The number of rotatable bonds is 7. The van der Waals surface area contributed by atoms with Gasteiger partial charge in [-0.25, -0.2) is 9.18 Å². The fraction of sp³-hybridized carbons (Fsp3) is 0.522. The first kappa shape index (κ1) is 22.4. The number of Topliss-reactive ketones (excluding diaryl/α,β-unsaturated/α-hetero) is 1. The number of anilines is 1. The van der Waals surface area contributed by atoms with Gasteiger partial charge in [-0.3, -0.25) is 14.5 Å². The molecule has 1 unspecified atom stereocenters. The second kappa shape index (κ2) is 8.99. The smallest absolute Gasteiger partial charge is 0.415 e. The van der Waals surface area contributed by atoms with E-state index in [0.29, 0.717) is 49.9 Å². The van der Waals surface area contributed by atoms with Crippen LogP contribution in [0.1, 0.15) is 43.7 Å². The van der Waals surface area contributed by atoms with E-state index in [9.17, 15) is 19.5 Å². The van der Waals surface area contributed by atoms with Gasteiger partial charge in [-0.15, -0.1) is 0 Å². The molecule has 1 aromatic carbocycles. The van der Waals surface area contributed by atoms with Crippen molar-refractivity contribution in [2.75, 3.05) is 24.6 Å². The molecule has 9 heteroatoms. The van der Waals surface area contributed by atoms with Crippen LogP contribution in [0.4, 0.5) is 14.9 Å². The number of halogens is 1. The summed E-state index contributed by atoms with van der Waals surface area (Å²) in [6, 6.07) is 2.88. The van der Waals surface area contributed by atoms with Crippen molar-refractivity contribution in [1.82, 2.24) is 4.90 Å². The van der Waals surface area contributed by atoms with Gasteiger partial charge < -0.3 is 19.8 Å². The van der Waals surface area contributed by atoms with Crippen LogP contribution in [0.3, 0.4) is 0 Å². The Morgan fingerprint density at radius 3 is 2.78 bits per heavy atom. The third kappa shape index (κ3) is 4.02. The molecule has 4 rings (SSSR count). The van der Waals surface area contributed by atoms with Crippen LogP contribution in [0.25, 0.3) is 5.57 Å². The molecule has 3 atom stereocenters. The van der Waals surface area contributed by atoms with E-state index in [-0.39, 0.29) is 18.4 Å². The van der Waals surface area contributed by atoms with E-state index >= 15 is 4.39 Å². The molecule has 172 valence electrons. The number of ether oxygens (including phenoxy) is 1. The molecule has 2 amide bonds. The average Bonchev–Trinajstić information content (AvgIpc) is 3.32. The molecule has 3 heterocycles. The minimum atomic E-state index is -1.45. The molecule has 3 aliphatic rings. The van der Waals surface area contributed by atoms with Gasteiger partial charge in [-0.1, -0.05) is 13.0 Å². The van der Waals surface area contributed by atoms with Gasteiger partial charge in [0.15, 0.2) is 6.10 Å². The van der Waals surface area contributed by atoms with Crippen molar-refractivity contribution in [3.05, 3.63) is 35.2 Å². The number of carbonyl (C=O) groups excluding carboxylic acids is 3. The fourth-order valence-electron chi connectivity index (χ4n) is 4.67. The SMILES string of the molecule is CCC(=O)CC[C@@H]1OC(=O)N2c3cc(F)c(C4=CCN(C(=O)C(O)CO)CC4)cc3C[C@@H]12. The molecule has 1 fully saturated rings. The highest BCUT2D eigenvalue weighted by atomic mass is 19.1. The molecule has 0 aromatic heterocycles. The van der Waals surface area contributed by atoms with E-state index < -0.39 is 36.6 Å². The Kier molecular flexibility index (Phi) is 6.30. The first-order valence-corrected chi connectivity index (χ1v) is 10.9. The molecule has 0 spiro atoms. The molecular formula is C23H27FN2O6. The first-order valence-electron chi connectivity index (χ1n) is 10.9. The lowest BCUT2D eigenvalue weighted by molar-refractivity contribution is -0.141. The summed E-state index contributed by atoms with van der Waals surface area (Å²) >= 11 is 0. The molecule has 2 N–H and O–H groups in total. The van der Waals surface area contributed by atoms with Crippen molar-refractivity contribution in [1.29, 1.82) is 0 Å². The van der Waals surface area contributed by atoms with Crippen LogP contribution in [0, 0.1) is 5.82 Å². The van der Waals surface area contributed by atoms with Gasteiger partial charge >= 0.3 is 6.09 Å². The van der Waals surface area contributed by atoms with E-state index in [1.807, 2.05) is 0 Å². The standard InChI is InChI=1S/C23H27FN2O6/c1-2-15(28)3-4-21-19-10-14-9-16(17(24)11-18(14)26(19)23(31)32-21)13-5-7-25(8-6-13)22(30)20(29)12-27/h5,9,11,19-21,27,29H,2-4,6-8,10,12H2,1H3/t19-,20?,21-/m0/s1. The van der Waals surface area contributed by atoms with Gasteiger partial charge in [-0.05, 0) is 42.5 Å². The Bertz CT molecular complexity index is 977. The number of hydrogen-bond acceptors (Lipinski definition) is 6. The zero-order valence-corrected chi connectivity index (χ0v) is 17.9. The number of nitrogens with zero attached hydrogens (tertiary/aromatic N) is 2. The molecule has 3 aliphatic heterocycles. The highest BCUT2D eigenvalue weighted by Gasteiger charge is 2.47. The number of amides is 2. The summed E-state index contributed by atoms with van der Waals surface area (Å²) in [6.07, 6.45) is 1.58. The Hall–Kier alpha value is -2.78. The number of benzene rings is 1. The van der Waals surface area contributed by atoms with Crippen molar-refractivity contribution in [3.63, 3.8) is 0 Å². The summed E-state index contributed by atoms with van der Waals surface area (Å²) < 4.78 is 20.5. The molecule has 1 aromatic rings. The normalized spacial score (nSPS) is 22.9. The molecule has 32 heavy (non-hydrogen) atoms. The molecule has 0 saturated carbocycles. The fourth-order valence-corrected chi connectivity index (χ4v) is 4.67. The first-order chi connectivity index (χ1) is 15.3. The minimum absolute atomic E-state index is 0.117.